The summed E-state index contributed by atoms with van der Waals surface area (Å²) in [6.45, 7) is 4.18. The number of rotatable bonds is 5. The van der Waals surface area contributed by atoms with E-state index in [2.05, 4.69) is 4.90 Å². The maximum Gasteiger partial charge on any atom is 0.152 e. The van der Waals surface area contributed by atoms with E-state index in [1.807, 2.05) is 31.2 Å². The minimum Gasteiger partial charge on any atom is -0.494 e. The summed E-state index contributed by atoms with van der Waals surface area (Å²) < 4.78 is 28.4. The van der Waals surface area contributed by atoms with Crippen LogP contribution in [0.25, 0.3) is 0 Å². The van der Waals surface area contributed by atoms with Gasteiger partial charge >= 0.3 is 0 Å². The molecule has 1 unspecified atom stereocenters. The highest BCUT2D eigenvalue weighted by molar-refractivity contribution is 7.91. The van der Waals surface area contributed by atoms with E-state index in [1.165, 1.54) is 0 Å². The normalized spacial score (nSPS) is 20.5. The number of sulfone groups is 1. The Morgan fingerprint density at radius 2 is 1.85 bits per heavy atom. The molecule has 5 nitrogen and oxygen atoms in total. The van der Waals surface area contributed by atoms with Gasteiger partial charge in [0.15, 0.2) is 9.84 Å². The van der Waals surface area contributed by atoms with E-state index in [0.29, 0.717) is 26.2 Å². The Bertz CT molecular complexity index is 514. The summed E-state index contributed by atoms with van der Waals surface area (Å²) in [6, 6.07) is 7.95. The molecule has 1 heterocycles. The van der Waals surface area contributed by atoms with Gasteiger partial charge in [0.1, 0.15) is 5.75 Å². The van der Waals surface area contributed by atoms with Crippen LogP contribution in [0.5, 0.6) is 5.75 Å². The fourth-order valence-electron chi connectivity index (χ4n) is 2.49. The van der Waals surface area contributed by atoms with Gasteiger partial charge < -0.3 is 10.5 Å². The van der Waals surface area contributed by atoms with Crippen LogP contribution in [-0.2, 0) is 9.84 Å². The summed E-state index contributed by atoms with van der Waals surface area (Å²) in [5.74, 6) is 1.29. The largest absolute Gasteiger partial charge is 0.494 e. The monoisotopic (exact) mass is 298 g/mol. The van der Waals surface area contributed by atoms with Crippen LogP contribution in [0.4, 0.5) is 0 Å². The second-order valence-corrected chi connectivity index (χ2v) is 7.24. The summed E-state index contributed by atoms with van der Waals surface area (Å²) in [7, 11) is -2.86. The van der Waals surface area contributed by atoms with Crippen molar-refractivity contribution in [3.8, 4) is 5.75 Å². The van der Waals surface area contributed by atoms with Crippen molar-refractivity contribution in [1.29, 1.82) is 0 Å². The minimum absolute atomic E-state index is 0.0705. The second-order valence-electron chi connectivity index (χ2n) is 4.94. The average Bonchev–Trinajstić information content (AvgIpc) is 2.43. The fourth-order valence-corrected chi connectivity index (χ4v) is 3.72. The molecule has 0 spiro atoms. The minimum atomic E-state index is -2.86. The van der Waals surface area contributed by atoms with E-state index in [0.717, 1.165) is 11.3 Å². The molecule has 2 N–H and O–H groups in total. The molecule has 1 saturated heterocycles. The number of benzene rings is 1. The van der Waals surface area contributed by atoms with Crippen molar-refractivity contribution in [1.82, 2.24) is 4.90 Å². The third-order valence-corrected chi connectivity index (χ3v) is 5.23. The molecule has 20 heavy (non-hydrogen) atoms. The van der Waals surface area contributed by atoms with Gasteiger partial charge in [-0.15, -0.1) is 0 Å². The van der Waals surface area contributed by atoms with Crippen LogP contribution in [-0.4, -0.2) is 51.1 Å². The van der Waals surface area contributed by atoms with Gasteiger partial charge in [-0.05, 0) is 24.6 Å². The third-order valence-electron chi connectivity index (χ3n) is 3.62. The van der Waals surface area contributed by atoms with Gasteiger partial charge in [0, 0.05) is 25.7 Å². The van der Waals surface area contributed by atoms with Crippen LogP contribution in [0.15, 0.2) is 24.3 Å². The predicted molar refractivity (Wildman–Crippen MR) is 79.6 cm³/mol. The van der Waals surface area contributed by atoms with Crippen molar-refractivity contribution in [3.63, 3.8) is 0 Å². The first-order valence-electron chi connectivity index (χ1n) is 6.93. The molecule has 0 aliphatic carbocycles. The maximum atomic E-state index is 11.5. The second kappa shape index (κ2) is 6.56. The van der Waals surface area contributed by atoms with Crippen molar-refractivity contribution >= 4 is 9.84 Å². The van der Waals surface area contributed by atoms with Gasteiger partial charge in [-0.3, -0.25) is 4.90 Å². The molecular weight excluding hydrogens is 276 g/mol. The van der Waals surface area contributed by atoms with Gasteiger partial charge in [0.05, 0.1) is 18.1 Å². The van der Waals surface area contributed by atoms with Crippen molar-refractivity contribution in [2.24, 2.45) is 5.73 Å². The van der Waals surface area contributed by atoms with Crippen LogP contribution in [0, 0.1) is 0 Å². The van der Waals surface area contributed by atoms with E-state index < -0.39 is 9.84 Å². The lowest BCUT2D eigenvalue weighted by Gasteiger charge is -2.34. The Morgan fingerprint density at radius 1 is 1.25 bits per heavy atom. The quantitative estimate of drug-likeness (QED) is 0.871. The van der Waals surface area contributed by atoms with Gasteiger partial charge in [-0.1, -0.05) is 12.1 Å². The van der Waals surface area contributed by atoms with Gasteiger partial charge in [-0.2, -0.15) is 0 Å². The number of ether oxygens (including phenoxy) is 1. The zero-order chi connectivity index (χ0) is 14.6. The van der Waals surface area contributed by atoms with Crippen molar-refractivity contribution in [3.05, 3.63) is 29.8 Å². The predicted octanol–water partition coefficient (Wildman–Crippen LogP) is 0.816. The fraction of sp³-hybridized carbons (Fsp3) is 0.571. The number of hydrogen-bond acceptors (Lipinski definition) is 5. The van der Waals surface area contributed by atoms with Crippen molar-refractivity contribution in [2.45, 2.75) is 13.0 Å². The van der Waals surface area contributed by atoms with E-state index >= 15 is 0 Å². The van der Waals surface area contributed by atoms with Gasteiger partial charge in [0.25, 0.3) is 0 Å². The average molecular weight is 298 g/mol. The molecule has 0 aromatic heterocycles. The smallest absolute Gasteiger partial charge is 0.152 e. The first-order valence-corrected chi connectivity index (χ1v) is 8.75. The molecule has 0 saturated carbocycles. The molecule has 1 atom stereocenters. The number of hydrogen-bond donors (Lipinski definition) is 1. The highest BCUT2D eigenvalue weighted by Gasteiger charge is 2.27. The van der Waals surface area contributed by atoms with Crippen molar-refractivity contribution in [2.75, 3.05) is 37.7 Å². The lowest BCUT2D eigenvalue weighted by Crippen LogP contribution is -2.44. The summed E-state index contributed by atoms with van der Waals surface area (Å²) in [5.41, 5.74) is 6.98. The van der Waals surface area contributed by atoms with Crippen LogP contribution in [0.1, 0.15) is 18.5 Å². The van der Waals surface area contributed by atoms with E-state index in [4.69, 9.17) is 10.5 Å². The summed E-state index contributed by atoms with van der Waals surface area (Å²) in [6.07, 6.45) is 0. The first kappa shape index (κ1) is 15.3. The van der Waals surface area contributed by atoms with E-state index in [1.54, 1.807) is 0 Å². The molecule has 1 aliphatic rings. The molecule has 2 rings (SSSR count). The molecule has 0 amide bonds. The van der Waals surface area contributed by atoms with Crippen molar-refractivity contribution < 1.29 is 13.2 Å². The molecule has 1 aliphatic heterocycles. The van der Waals surface area contributed by atoms with Gasteiger partial charge in [-0.25, -0.2) is 8.42 Å². The molecule has 6 heteroatoms. The lowest BCUT2D eigenvalue weighted by molar-refractivity contribution is 0.218. The molecule has 0 radical (unpaired) electrons. The lowest BCUT2D eigenvalue weighted by atomic mass is 10.1. The zero-order valence-corrected chi connectivity index (χ0v) is 12.6. The summed E-state index contributed by atoms with van der Waals surface area (Å²) in [5, 5.41) is 0. The molecule has 1 aromatic rings. The molecule has 0 bridgehead atoms. The molecule has 1 aromatic carbocycles. The number of nitrogens with two attached hydrogens (primary N) is 1. The first-order chi connectivity index (χ1) is 9.55. The zero-order valence-electron chi connectivity index (χ0n) is 11.8. The highest BCUT2D eigenvalue weighted by Crippen LogP contribution is 2.24. The Hall–Kier alpha value is -1.11. The number of nitrogens with zero attached hydrogens (tertiary/aromatic N) is 1. The summed E-state index contributed by atoms with van der Waals surface area (Å²) >= 11 is 0. The standard InChI is InChI=1S/C14H22N2O3S/c1-2-19-13-5-3-12(4-6-13)14(11-15)16-7-9-20(17,18)10-8-16/h3-6,14H,2,7-11,15H2,1H3. The van der Waals surface area contributed by atoms with Crippen LogP contribution >= 0.6 is 0 Å². The third kappa shape index (κ3) is 3.71. The topological polar surface area (TPSA) is 72.6 Å². The van der Waals surface area contributed by atoms with Crippen LogP contribution in [0.3, 0.4) is 0 Å². The Morgan fingerprint density at radius 3 is 2.35 bits per heavy atom. The maximum absolute atomic E-state index is 11.5. The Balaban J connectivity index is 2.08. The molecule has 112 valence electrons. The van der Waals surface area contributed by atoms with E-state index in [-0.39, 0.29) is 17.5 Å². The Kier molecular flexibility index (Phi) is 5.01. The summed E-state index contributed by atoms with van der Waals surface area (Å²) in [4.78, 5) is 2.15. The van der Waals surface area contributed by atoms with E-state index in [9.17, 15) is 8.42 Å². The molecule has 1 fully saturated rings. The molecular formula is C14H22N2O3S. The Labute approximate surface area is 120 Å². The van der Waals surface area contributed by atoms with Crippen LogP contribution in [0.2, 0.25) is 0 Å². The highest BCUT2D eigenvalue weighted by atomic mass is 32.2. The SMILES string of the molecule is CCOc1ccc(C(CN)N2CCS(=O)(=O)CC2)cc1. The van der Waals surface area contributed by atoms with Gasteiger partial charge in [0.2, 0.25) is 0 Å². The van der Waals surface area contributed by atoms with Crippen LogP contribution < -0.4 is 10.5 Å².